The van der Waals surface area contributed by atoms with Crippen molar-refractivity contribution in [3.63, 3.8) is 0 Å². The lowest BCUT2D eigenvalue weighted by molar-refractivity contribution is 0.157. The van der Waals surface area contributed by atoms with E-state index in [2.05, 4.69) is 5.32 Å². The van der Waals surface area contributed by atoms with Crippen LogP contribution in [0.4, 0.5) is 19.3 Å². The molecule has 10 heteroatoms. The summed E-state index contributed by atoms with van der Waals surface area (Å²) in [5.74, 6) is -1.08. The van der Waals surface area contributed by atoms with Gasteiger partial charge in [0, 0.05) is 31.7 Å². The van der Waals surface area contributed by atoms with E-state index in [1.165, 1.54) is 28.4 Å². The van der Waals surface area contributed by atoms with Gasteiger partial charge in [-0.05, 0) is 43.3 Å². The number of urea groups is 1. The molecule has 1 N–H and O–H groups in total. The molecule has 2 amide bonds. The fourth-order valence-electron chi connectivity index (χ4n) is 3.15. The third-order valence-electron chi connectivity index (χ3n) is 4.69. The maximum absolute atomic E-state index is 13.7. The van der Waals surface area contributed by atoms with Crippen LogP contribution in [0.2, 0.25) is 0 Å². The van der Waals surface area contributed by atoms with Crippen LogP contribution >= 0.6 is 0 Å². The number of carbonyl (C=O) groups is 1. The molecule has 0 bridgehead atoms. The van der Waals surface area contributed by atoms with Crippen LogP contribution in [0.3, 0.4) is 0 Å². The second-order valence-electron chi connectivity index (χ2n) is 6.64. The molecule has 0 radical (unpaired) electrons. The number of piperazine rings is 1. The van der Waals surface area contributed by atoms with Crippen LogP contribution in [-0.4, -0.2) is 56.4 Å². The Morgan fingerprint density at radius 3 is 2.41 bits per heavy atom. The van der Waals surface area contributed by atoms with Crippen LogP contribution < -0.4 is 10.1 Å². The van der Waals surface area contributed by atoms with Crippen LogP contribution in [-0.2, 0) is 10.0 Å². The average molecular weight is 425 g/mol. The van der Waals surface area contributed by atoms with E-state index in [9.17, 15) is 22.0 Å². The van der Waals surface area contributed by atoms with Gasteiger partial charge in [0.25, 0.3) is 0 Å². The lowest BCUT2D eigenvalue weighted by atomic mass is 10.2. The molecule has 0 spiro atoms. The van der Waals surface area contributed by atoms with Gasteiger partial charge in [0.1, 0.15) is 17.4 Å². The third kappa shape index (κ3) is 4.48. The molecule has 1 aliphatic rings. The Bertz CT molecular complexity index is 999. The predicted molar refractivity (Wildman–Crippen MR) is 103 cm³/mol. The summed E-state index contributed by atoms with van der Waals surface area (Å²) in [6, 6.07) is 7.86. The maximum atomic E-state index is 13.7. The van der Waals surface area contributed by atoms with Gasteiger partial charge in [0.05, 0.1) is 17.7 Å². The highest BCUT2D eigenvalue weighted by Crippen LogP contribution is 2.24. The molecule has 29 heavy (non-hydrogen) atoms. The number of halogens is 2. The summed E-state index contributed by atoms with van der Waals surface area (Å²) in [6.07, 6.45) is 0. The lowest BCUT2D eigenvalue weighted by Gasteiger charge is -2.38. The van der Waals surface area contributed by atoms with Gasteiger partial charge in [0.2, 0.25) is 10.0 Å². The van der Waals surface area contributed by atoms with Gasteiger partial charge in [0.15, 0.2) is 0 Å². The van der Waals surface area contributed by atoms with Gasteiger partial charge < -0.3 is 15.0 Å². The summed E-state index contributed by atoms with van der Waals surface area (Å²) in [6.45, 7) is 2.05. The van der Waals surface area contributed by atoms with E-state index in [1.54, 1.807) is 19.1 Å². The number of rotatable bonds is 4. The smallest absolute Gasteiger partial charge is 0.322 e. The Balaban J connectivity index is 1.68. The number of hydrogen-bond donors (Lipinski definition) is 1. The molecule has 1 fully saturated rings. The van der Waals surface area contributed by atoms with E-state index in [0.29, 0.717) is 11.8 Å². The van der Waals surface area contributed by atoms with Crippen molar-refractivity contribution in [3.8, 4) is 5.75 Å². The maximum Gasteiger partial charge on any atom is 0.322 e. The highest BCUT2D eigenvalue weighted by molar-refractivity contribution is 7.89. The number of benzene rings is 2. The number of hydrogen-bond acceptors (Lipinski definition) is 4. The van der Waals surface area contributed by atoms with Crippen molar-refractivity contribution in [3.05, 3.63) is 54.1 Å². The molecule has 156 valence electrons. The molecule has 1 saturated heterocycles. The monoisotopic (exact) mass is 425 g/mol. The van der Waals surface area contributed by atoms with Gasteiger partial charge in [-0.25, -0.2) is 22.0 Å². The summed E-state index contributed by atoms with van der Waals surface area (Å²) < 4.78 is 59.0. The molecule has 0 aromatic heterocycles. The molecule has 1 atom stereocenters. The summed E-state index contributed by atoms with van der Waals surface area (Å²) >= 11 is 0. The SMILES string of the molecule is COc1ccc(S(=O)(=O)N2CCN(C(=O)Nc3ccc(F)cc3F)C[C@@H]2C)cc1. The molecule has 3 rings (SSSR count). The molecule has 7 nitrogen and oxygen atoms in total. The quantitative estimate of drug-likeness (QED) is 0.817. The van der Waals surface area contributed by atoms with E-state index in [1.807, 2.05) is 0 Å². The first-order valence-electron chi connectivity index (χ1n) is 8.89. The standard InChI is InChI=1S/C19H21F2N3O4S/c1-13-12-23(19(25)22-18-8-3-14(20)11-17(18)21)9-10-24(13)29(26,27)16-6-4-15(28-2)5-7-16/h3-8,11,13H,9-10,12H2,1-2H3,(H,22,25)/t13-/m0/s1. The van der Waals surface area contributed by atoms with Crippen molar-refractivity contribution in [2.45, 2.75) is 17.9 Å². The zero-order valence-corrected chi connectivity index (χ0v) is 16.7. The first-order valence-corrected chi connectivity index (χ1v) is 10.3. The minimum absolute atomic E-state index is 0.0921. The number of carbonyl (C=O) groups excluding carboxylic acids is 1. The number of amides is 2. The highest BCUT2D eigenvalue weighted by Gasteiger charge is 2.35. The molecule has 1 heterocycles. The fraction of sp³-hybridized carbons (Fsp3) is 0.316. The van der Waals surface area contributed by atoms with Gasteiger partial charge in [-0.2, -0.15) is 4.31 Å². The third-order valence-corrected chi connectivity index (χ3v) is 6.72. The van der Waals surface area contributed by atoms with Crippen molar-refractivity contribution < 1.29 is 26.7 Å². The van der Waals surface area contributed by atoms with E-state index < -0.39 is 33.7 Å². The van der Waals surface area contributed by atoms with E-state index in [-0.39, 0.29) is 30.2 Å². The van der Waals surface area contributed by atoms with Crippen LogP contribution in [0.1, 0.15) is 6.92 Å². The van der Waals surface area contributed by atoms with E-state index in [4.69, 9.17) is 4.74 Å². The molecule has 0 saturated carbocycles. The lowest BCUT2D eigenvalue weighted by Crippen LogP contribution is -2.56. The zero-order chi connectivity index (χ0) is 21.2. The summed E-state index contributed by atoms with van der Waals surface area (Å²) in [4.78, 5) is 14.0. The van der Waals surface area contributed by atoms with Crippen molar-refractivity contribution in [2.75, 3.05) is 32.1 Å². The van der Waals surface area contributed by atoms with Crippen LogP contribution in [0, 0.1) is 11.6 Å². The second kappa shape index (κ2) is 8.34. The Kier molecular flexibility index (Phi) is 6.04. The van der Waals surface area contributed by atoms with Crippen molar-refractivity contribution in [1.82, 2.24) is 9.21 Å². The molecular weight excluding hydrogens is 404 g/mol. The Morgan fingerprint density at radius 2 is 1.83 bits per heavy atom. The number of sulfonamides is 1. The summed E-state index contributed by atoms with van der Waals surface area (Å²) in [5, 5.41) is 2.39. The largest absolute Gasteiger partial charge is 0.497 e. The average Bonchev–Trinajstić information content (AvgIpc) is 2.69. The Hall–Kier alpha value is -2.72. The van der Waals surface area contributed by atoms with Gasteiger partial charge in [-0.15, -0.1) is 0 Å². The van der Waals surface area contributed by atoms with E-state index >= 15 is 0 Å². The van der Waals surface area contributed by atoms with Crippen molar-refractivity contribution in [1.29, 1.82) is 0 Å². The summed E-state index contributed by atoms with van der Waals surface area (Å²) in [5.41, 5.74) is -0.141. The van der Waals surface area contributed by atoms with Crippen LogP contribution in [0.5, 0.6) is 5.75 Å². The summed E-state index contributed by atoms with van der Waals surface area (Å²) in [7, 11) is -2.24. The molecular formula is C19H21F2N3O4S. The first-order chi connectivity index (χ1) is 13.7. The first kappa shape index (κ1) is 21.0. The van der Waals surface area contributed by atoms with Crippen molar-refractivity contribution >= 4 is 21.7 Å². The van der Waals surface area contributed by atoms with Gasteiger partial charge in [-0.1, -0.05) is 0 Å². The number of anilines is 1. The number of ether oxygens (including phenoxy) is 1. The van der Waals surface area contributed by atoms with E-state index in [0.717, 1.165) is 12.1 Å². The van der Waals surface area contributed by atoms with Crippen LogP contribution in [0.15, 0.2) is 47.4 Å². The normalized spacial score (nSPS) is 17.8. The number of methoxy groups -OCH3 is 1. The minimum Gasteiger partial charge on any atom is -0.497 e. The highest BCUT2D eigenvalue weighted by atomic mass is 32.2. The molecule has 1 aliphatic heterocycles. The molecule has 2 aromatic rings. The minimum atomic E-state index is -3.74. The molecule has 0 aliphatic carbocycles. The predicted octanol–water partition coefficient (Wildman–Crippen LogP) is 2.90. The topological polar surface area (TPSA) is 79.0 Å². The Morgan fingerprint density at radius 1 is 1.14 bits per heavy atom. The number of nitrogens with one attached hydrogen (secondary N) is 1. The van der Waals surface area contributed by atoms with Crippen molar-refractivity contribution in [2.24, 2.45) is 0 Å². The molecule has 0 unspecified atom stereocenters. The van der Waals surface area contributed by atoms with Crippen LogP contribution in [0.25, 0.3) is 0 Å². The molecule has 2 aromatic carbocycles. The van der Waals surface area contributed by atoms with Gasteiger partial charge in [-0.3, -0.25) is 0 Å². The number of nitrogens with zero attached hydrogens (tertiary/aromatic N) is 2. The fourth-order valence-corrected chi connectivity index (χ4v) is 4.76. The Labute approximate surface area is 167 Å². The zero-order valence-electron chi connectivity index (χ0n) is 15.9. The second-order valence-corrected chi connectivity index (χ2v) is 8.53. The van der Waals surface area contributed by atoms with Gasteiger partial charge >= 0.3 is 6.03 Å².